The Morgan fingerprint density at radius 2 is 2.14 bits per heavy atom. The lowest BCUT2D eigenvalue weighted by molar-refractivity contribution is 0.590. The molecule has 21 heavy (non-hydrogen) atoms. The SMILES string of the molecule is Cc1sc(N)nc1-c1ccc2c(c1)C[C@@H](C)N2S(C)(=O)=O. The van der Waals surface area contributed by atoms with Crippen molar-refractivity contribution >= 4 is 32.2 Å². The monoisotopic (exact) mass is 323 g/mol. The number of anilines is 2. The van der Waals surface area contributed by atoms with Crippen LogP contribution in [0, 0.1) is 6.92 Å². The molecular formula is C14H17N3O2S2. The maximum absolute atomic E-state index is 11.9. The Labute approximate surface area is 128 Å². The molecule has 1 aromatic carbocycles. The second kappa shape index (κ2) is 4.71. The number of nitrogens with zero attached hydrogens (tertiary/aromatic N) is 2. The topological polar surface area (TPSA) is 76.3 Å². The minimum atomic E-state index is -3.25. The van der Waals surface area contributed by atoms with Crippen molar-refractivity contribution in [3.05, 3.63) is 28.6 Å². The molecule has 2 N–H and O–H groups in total. The Bertz CT molecular complexity index is 812. The third kappa shape index (κ3) is 2.40. The maximum Gasteiger partial charge on any atom is 0.232 e. The van der Waals surface area contributed by atoms with Gasteiger partial charge in [-0.05, 0) is 38.0 Å². The summed E-state index contributed by atoms with van der Waals surface area (Å²) in [5, 5.41) is 0.550. The lowest BCUT2D eigenvalue weighted by atomic mass is 10.0. The molecule has 112 valence electrons. The van der Waals surface area contributed by atoms with Crippen molar-refractivity contribution in [3.8, 4) is 11.3 Å². The first-order chi connectivity index (χ1) is 9.77. The summed E-state index contributed by atoms with van der Waals surface area (Å²) in [6, 6.07) is 5.76. The van der Waals surface area contributed by atoms with E-state index in [4.69, 9.17) is 5.73 Å². The Kier molecular flexibility index (Phi) is 3.22. The molecule has 0 aliphatic carbocycles. The minimum absolute atomic E-state index is 0.0492. The van der Waals surface area contributed by atoms with E-state index in [0.717, 1.165) is 33.8 Å². The number of aryl methyl sites for hydroxylation is 1. The highest BCUT2D eigenvalue weighted by atomic mass is 32.2. The average molecular weight is 323 g/mol. The summed E-state index contributed by atoms with van der Waals surface area (Å²) >= 11 is 1.46. The van der Waals surface area contributed by atoms with Gasteiger partial charge in [-0.15, -0.1) is 11.3 Å². The zero-order chi connectivity index (χ0) is 15.4. The van der Waals surface area contributed by atoms with E-state index >= 15 is 0 Å². The Morgan fingerprint density at radius 3 is 2.71 bits per heavy atom. The van der Waals surface area contributed by atoms with Crippen molar-refractivity contribution in [1.82, 2.24) is 4.98 Å². The molecule has 0 saturated carbocycles. The molecule has 1 aliphatic rings. The lowest BCUT2D eigenvalue weighted by Crippen LogP contribution is -2.34. The number of aromatic nitrogens is 1. The number of hydrogen-bond acceptors (Lipinski definition) is 5. The van der Waals surface area contributed by atoms with Gasteiger partial charge in [-0.2, -0.15) is 0 Å². The van der Waals surface area contributed by atoms with Gasteiger partial charge in [0.2, 0.25) is 10.0 Å². The number of sulfonamides is 1. The van der Waals surface area contributed by atoms with Crippen LogP contribution in [0.25, 0.3) is 11.3 Å². The number of thiazole rings is 1. The van der Waals surface area contributed by atoms with Crippen molar-refractivity contribution in [1.29, 1.82) is 0 Å². The Hall–Kier alpha value is -1.60. The quantitative estimate of drug-likeness (QED) is 0.921. The highest BCUT2D eigenvalue weighted by Gasteiger charge is 2.32. The zero-order valence-electron chi connectivity index (χ0n) is 12.1. The van der Waals surface area contributed by atoms with Crippen LogP contribution in [0.4, 0.5) is 10.8 Å². The van der Waals surface area contributed by atoms with Crippen LogP contribution < -0.4 is 10.0 Å². The third-order valence-corrected chi connectivity index (χ3v) is 5.75. The van der Waals surface area contributed by atoms with Gasteiger partial charge in [-0.3, -0.25) is 4.31 Å². The summed E-state index contributed by atoms with van der Waals surface area (Å²) in [6.45, 7) is 3.91. The van der Waals surface area contributed by atoms with Gasteiger partial charge in [0.15, 0.2) is 5.13 Å². The van der Waals surface area contributed by atoms with Gasteiger partial charge in [0.1, 0.15) is 0 Å². The number of nitrogen functional groups attached to an aromatic ring is 1. The number of nitrogens with two attached hydrogens (primary N) is 1. The molecule has 0 fully saturated rings. The fraction of sp³-hybridized carbons (Fsp3) is 0.357. The predicted molar refractivity (Wildman–Crippen MR) is 87.2 cm³/mol. The lowest BCUT2D eigenvalue weighted by Gasteiger charge is -2.21. The van der Waals surface area contributed by atoms with E-state index in [1.807, 2.05) is 32.0 Å². The van der Waals surface area contributed by atoms with Gasteiger partial charge in [-0.1, -0.05) is 6.07 Å². The predicted octanol–water partition coefficient (Wildman–Crippen LogP) is 2.41. The summed E-state index contributed by atoms with van der Waals surface area (Å²) < 4.78 is 25.3. The van der Waals surface area contributed by atoms with Gasteiger partial charge < -0.3 is 5.73 Å². The summed E-state index contributed by atoms with van der Waals surface area (Å²) in [4.78, 5) is 5.43. The standard InChI is InChI=1S/C14H17N3O2S2/c1-8-6-11-7-10(13-9(2)20-14(15)16-13)4-5-12(11)17(8)21(3,18)19/h4-5,7-8H,6H2,1-3H3,(H2,15,16)/t8-/m1/s1. The summed E-state index contributed by atoms with van der Waals surface area (Å²) in [5.74, 6) is 0. The molecule has 0 amide bonds. The number of fused-ring (bicyclic) bond motifs is 1. The summed E-state index contributed by atoms with van der Waals surface area (Å²) in [7, 11) is -3.25. The van der Waals surface area contributed by atoms with E-state index < -0.39 is 10.0 Å². The minimum Gasteiger partial charge on any atom is -0.375 e. The highest BCUT2D eigenvalue weighted by molar-refractivity contribution is 7.92. The van der Waals surface area contributed by atoms with Crippen molar-refractivity contribution in [3.63, 3.8) is 0 Å². The van der Waals surface area contributed by atoms with Crippen LogP contribution in [-0.4, -0.2) is 25.7 Å². The molecule has 0 saturated heterocycles. The summed E-state index contributed by atoms with van der Waals surface area (Å²) in [6.07, 6.45) is 1.96. The van der Waals surface area contributed by atoms with Crippen molar-refractivity contribution in [2.24, 2.45) is 0 Å². The fourth-order valence-corrected chi connectivity index (χ4v) is 4.91. The van der Waals surface area contributed by atoms with E-state index in [2.05, 4.69) is 4.98 Å². The van der Waals surface area contributed by atoms with Crippen LogP contribution in [0.5, 0.6) is 0 Å². The van der Waals surface area contributed by atoms with Gasteiger partial charge in [0.05, 0.1) is 17.6 Å². The van der Waals surface area contributed by atoms with Gasteiger partial charge in [0, 0.05) is 16.5 Å². The van der Waals surface area contributed by atoms with E-state index in [1.54, 1.807) is 0 Å². The smallest absolute Gasteiger partial charge is 0.232 e. The van der Waals surface area contributed by atoms with E-state index in [9.17, 15) is 8.42 Å². The largest absolute Gasteiger partial charge is 0.375 e. The van der Waals surface area contributed by atoms with Crippen molar-refractivity contribution in [2.75, 3.05) is 16.3 Å². The van der Waals surface area contributed by atoms with E-state index in [1.165, 1.54) is 21.9 Å². The third-order valence-electron chi connectivity index (χ3n) is 3.68. The van der Waals surface area contributed by atoms with Gasteiger partial charge >= 0.3 is 0 Å². The summed E-state index contributed by atoms with van der Waals surface area (Å²) in [5.41, 5.74) is 9.43. The molecule has 0 bridgehead atoms. The first-order valence-electron chi connectivity index (χ1n) is 6.63. The molecular weight excluding hydrogens is 306 g/mol. The van der Waals surface area contributed by atoms with Crippen LogP contribution in [0.1, 0.15) is 17.4 Å². The molecule has 1 atom stereocenters. The van der Waals surface area contributed by atoms with E-state index in [-0.39, 0.29) is 6.04 Å². The van der Waals surface area contributed by atoms with Crippen LogP contribution in [0.15, 0.2) is 18.2 Å². The number of rotatable bonds is 2. The molecule has 2 heterocycles. The second-order valence-corrected chi connectivity index (χ2v) is 8.51. The molecule has 3 rings (SSSR count). The first-order valence-corrected chi connectivity index (χ1v) is 9.29. The molecule has 7 heteroatoms. The highest BCUT2D eigenvalue weighted by Crippen LogP contribution is 2.38. The maximum atomic E-state index is 11.9. The zero-order valence-corrected chi connectivity index (χ0v) is 13.8. The normalized spacial score (nSPS) is 18.0. The van der Waals surface area contributed by atoms with Crippen molar-refractivity contribution in [2.45, 2.75) is 26.3 Å². The first kappa shape index (κ1) is 14.3. The molecule has 0 spiro atoms. The number of hydrogen-bond donors (Lipinski definition) is 1. The number of benzene rings is 1. The molecule has 0 unspecified atom stereocenters. The van der Waals surface area contributed by atoms with Crippen molar-refractivity contribution < 1.29 is 8.42 Å². The van der Waals surface area contributed by atoms with Gasteiger partial charge in [0.25, 0.3) is 0 Å². The van der Waals surface area contributed by atoms with Crippen LogP contribution in [0.3, 0.4) is 0 Å². The van der Waals surface area contributed by atoms with Crippen LogP contribution in [-0.2, 0) is 16.4 Å². The Balaban J connectivity index is 2.09. The molecule has 1 aliphatic heterocycles. The van der Waals surface area contributed by atoms with Crippen LogP contribution >= 0.6 is 11.3 Å². The fourth-order valence-electron chi connectivity index (χ4n) is 2.94. The average Bonchev–Trinajstić information content (AvgIpc) is 2.86. The second-order valence-electron chi connectivity index (χ2n) is 5.41. The molecule has 2 aromatic rings. The van der Waals surface area contributed by atoms with E-state index in [0.29, 0.717) is 5.13 Å². The molecule has 5 nitrogen and oxygen atoms in total. The Morgan fingerprint density at radius 1 is 1.43 bits per heavy atom. The molecule has 1 aromatic heterocycles. The van der Waals surface area contributed by atoms with Gasteiger partial charge in [-0.25, -0.2) is 13.4 Å². The molecule has 0 radical (unpaired) electrons. The van der Waals surface area contributed by atoms with Crippen LogP contribution in [0.2, 0.25) is 0 Å².